The van der Waals surface area contributed by atoms with Crippen molar-refractivity contribution in [3.63, 3.8) is 0 Å². The minimum atomic E-state index is -0.0530. The Kier molecular flexibility index (Phi) is 5.15. The number of hydrogen-bond donors (Lipinski definition) is 0. The molecule has 3 nitrogen and oxygen atoms in total. The molecule has 1 heterocycles. The lowest BCUT2D eigenvalue weighted by molar-refractivity contribution is -0.122. The van der Waals surface area contributed by atoms with Gasteiger partial charge in [-0.3, -0.25) is 9.69 Å². The summed E-state index contributed by atoms with van der Waals surface area (Å²) in [5, 5.41) is 0. The molecule has 1 amide bonds. The third-order valence-corrected chi connectivity index (χ3v) is 4.68. The molecule has 0 aliphatic carbocycles. The fraction of sp³-hybridized carbons (Fsp3) is 0.231. The van der Waals surface area contributed by atoms with Gasteiger partial charge in [-0.25, -0.2) is 0 Å². The summed E-state index contributed by atoms with van der Waals surface area (Å²) in [7, 11) is 1.61. The standard InChI is InChI=1S/C13H12BrNO2S2/c1-17-7-6-15-12(16)11(19-13(15)18)8-9-4-2-3-5-10(9)14/h2-5,8H,6-7H2,1H3/b11-8-. The smallest absolute Gasteiger partial charge is 0.266 e. The summed E-state index contributed by atoms with van der Waals surface area (Å²) >= 11 is 10.0. The molecule has 0 aromatic heterocycles. The van der Waals surface area contributed by atoms with Crippen molar-refractivity contribution in [3.8, 4) is 0 Å². The van der Waals surface area contributed by atoms with E-state index in [4.69, 9.17) is 17.0 Å². The molecule has 1 aliphatic rings. The first-order valence-electron chi connectivity index (χ1n) is 5.62. The van der Waals surface area contributed by atoms with Gasteiger partial charge in [0, 0.05) is 11.6 Å². The maximum absolute atomic E-state index is 12.2. The summed E-state index contributed by atoms with van der Waals surface area (Å²) in [5.41, 5.74) is 0.967. The number of halogens is 1. The number of methoxy groups -OCH3 is 1. The predicted octanol–water partition coefficient (Wildman–Crippen LogP) is 3.30. The number of carbonyl (C=O) groups excluding carboxylic acids is 1. The van der Waals surface area contributed by atoms with Crippen LogP contribution in [0, 0.1) is 0 Å². The number of thioether (sulfide) groups is 1. The summed E-state index contributed by atoms with van der Waals surface area (Å²) in [5.74, 6) is -0.0530. The highest BCUT2D eigenvalue weighted by Crippen LogP contribution is 2.33. The van der Waals surface area contributed by atoms with E-state index in [0.29, 0.717) is 22.4 Å². The van der Waals surface area contributed by atoms with Crippen LogP contribution >= 0.6 is 39.9 Å². The maximum Gasteiger partial charge on any atom is 0.266 e. The number of amides is 1. The van der Waals surface area contributed by atoms with Gasteiger partial charge in [0.15, 0.2) is 0 Å². The maximum atomic E-state index is 12.2. The Hall–Kier alpha value is -0.690. The molecule has 0 bridgehead atoms. The molecule has 1 aliphatic heterocycles. The average Bonchev–Trinajstić information content (AvgIpc) is 2.65. The van der Waals surface area contributed by atoms with Crippen LogP contribution in [0.25, 0.3) is 6.08 Å². The van der Waals surface area contributed by atoms with Gasteiger partial charge in [-0.1, -0.05) is 58.1 Å². The van der Waals surface area contributed by atoms with Crippen LogP contribution < -0.4 is 0 Å². The van der Waals surface area contributed by atoms with Crippen molar-refractivity contribution in [2.24, 2.45) is 0 Å². The summed E-state index contributed by atoms with van der Waals surface area (Å²) in [6.45, 7) is 0.975. The molecule has 0 N–H and O–H groups in total. The molecule has 19 heavy (non-hydrogen) atoms. The molecule has 1 saturated heterocycles. The van der Waals surface area contributed by atoms with Crippen LogP contribution in [0.4, 0.5) is 0 Å². The van der Waals surface area contributed by atoms with Gasteiger partial charge in [0.2, 0.25) is 0 Å². The van der Waals surface area contributed by atoms with Gasteiger partial charge in [-0.2, -0.15) is 0 Å². The van der Waals surface area contributed by atoms with Crippen LogP contribution in [0.5, 0.6) is 0 Å². The first-order valence-corrected chi connectivity index (χ1v) is 7.64. The van der Waals surface area contributed by atoms with Gasteiger partial charge >= 0.3 is 0 Å². The lowest BCUT2D eigenvalue weighted by Gasteiger charge is -2.12. The first kappa shape index (κ1) is 14.7. The largest absolute Gasteiger partial charge is 0.383 e. The second-order valence-electron chi connectivity index (χ2n) is 3.85. The normalized spacial score (nSPS) is 17.6. The lowest BCUT2D eigenvalue weighted by atomic mass is 10.2. The Labute approximate surface area is 130 Å². The van der Waals surface area contributed by atoms with E-state index in [2.05, 4.69) is 15.9 Å². The summed E-state index contributed by atoms with van der Waals surface area (Å²) in [4.78, 5) is 14.4. The molecular formula is C13H12BrNO2S2. The van der Waals surface area contributed by atoms with Crippen LogP contribution in [-0.4, -0.2) is 35.4 Å². The Morgan fingerprint density at radius 1 is 1.47 bits per heavy atom. The van der Waals surface area contributed by atoms with Gasteiger partial charge in [0.1, 0.15) is 4.32 Å². The molecule has 0 saturated carbocycles. The van der Waals surface area contributed by atoms with Crippen molar-refractivity contribution >= 4 is 56.2 Å². The van der Waals surface area contributed by atoms with E-state index in [0.717, 1.165) is 10.0 Å². The minimum Gasteiger partial charge on any atom is -0.383 e. The van der Waals surface area contributed by atoms with E-state index in [-0.39, 0.29) is 5.91 Å². The molecule has 1 aromatic rings. The van der Waals surface area contributed by atoms with Gasteiger partial charge < -0.3 is 4.74 Å². The van der Waals surface area contributed by atoms with Gasteiger partial charge in [-0.05, 0) is 17.7 Å². The SMILES string of the molecule is COCCN1C(=O)/C(=C/c2ccccc2Br)SC1=S. The second-order valence-corrected chi connectivity index (χ2v) is 6.38. The van der Waals surface area contributed by atoms with Gasteiger partial charge in [0.05, 0.1) is 18.1 Å². The molecule has 0 spiro atoms. The van der Waals surface area contributed by atoms with Crippen molar-refractivity contribution < 1.29 is 9.53 Å². The van der Waals surface area contributed by atoms with Crippen molar-refractivity contribution in [2.75, 3.05) is 20.3 Å². The van der Waals surface area contributed by atoms with Crippen molar-refractivity contribution in [2.45, 2.75) is 0 Å². The zero-order chi connectivity index (χ0) is 13.8. The molecule has 1 aromatic carbocycles. The van der Waals surface area contributed by atoms with Crippen molar-refractivity contribution in [1.82, 2.24) is 4.90 Å². The zero-order valence-electron chi connectivity index (χ0n) is 10.3. The number of thiocarbonyl (C=S) groups is 1. The number of rotatable bonds is 4. The Balaban J connectivity index is 2.21. The summed E-state index contributed by atoms with van der Waals surface area (Å²) in [6, 6.07) is 7.76. The molecule has 0 atom stereocenters. The van der Waals surface area contributed by atoms with Crippen LogP contribution in [0.15, 0.2) is 33.6 Å². The Morgan fingerprint density at radius 2 is 2.21 bits per heavy atom. The molecule has 1 fully saturated rings. The zero-order valence-corrected chi connectivity index (χ0v) is 13.5. The highest BCUT2D eigenvalue weighted by atomic mass is 79.9. The molecule has 0 unspecified atom stereocenters. The first-order chi connectivity index (χ1) is 9.13. The second kappa shape index (κ2) is 6.65. The van der Waals surface area contributed by atoms with Crippen molar-refractivity contribution in [1.29, 1.82) is 0 Å². The highest BCUT2D eigenvalue weighted by Gasteiger charge is 2.31. The van der Waals surface area contributed by atoms with E-state index in [1.54, 1.807) is 12.0 Å². The van der Waals surface area contributed by atoms with Crippen LogP contribution in [0.2, 0.25) is 0 Å². The van der Waals surface area contributed by atoms with E-state index in [9.17, 15) is 4.79 Å². The molecule has 6 heteroatoms. The fourth-order valence-corrected chi connectivity index (χ4v) is 3.31. The van der Waals surface area contributed by atoms with Crippen LogP contribution in [0.3, 0.4) is 0 Å². The van der Waals surface area contributed by atoms with Gasteiger partial charge in [-0.15, -0.1) is 0 Å². The fourth-order valence-electron chi connectivity index (χ4n) is 1.61. The van der Waals surface area contributed by atoms with E-state index in [1.807, 2.05) is 30.3 Å². The van der Waals surface area contributed by atoms with E-state index in [1.165, 1.54) is 11.8 Å². The average molecular weight is 358 g/mol. The number of benzene rings is 1. The topological polar surface area (TPSA) is 29.5 Å². The summed E-state index contributed by atoms with van der Waals surface area (Å²) < 4.78 is 6.52. The monoisotopic (exact) mass is 357 g/mol. The molecule has 0 radical (unpaired) electrons. The number of hydrogen-bond acceptors (Lipinski definition) is 4. The lowest BCUT2D eigenvalue weighted by Crippen LogP contribution is -2.31. The number of nitrogens with zero attached hydrogens (tertiary/aromatic N) is 1. The third kappa shape index (κ3) is 3.45. The third-order valence-electron chi connectivity index (χ3n) is 2.58. The van der Waals surface area contributed by atoms with E-state index >= 15 is 0 Å². The highest BCUT2D eigenvalue weighted by molar-refractivity contribution is 9.10. The minimum absolute atomic E-state index is 0.0530. The van der Waals surface area contributed by atoms with Crippen LogP contribution in [-0.2, 0) is 9.53 Å². The van der Waals surface area contributed by atoms with Gasteiger partial charge in [0.25, 0.3) is 5.91 Å². The van der Waals surface area contributed by atoms with E-state index < -0.39 is 0 Å². The number of carbonyl (C=O) groups is 1. The van der Waals surface area contributed by atoms with Crippen LogP contribution in [0.1, 0.15) is 5.56 Å². The van der Waals surface area contributed by atoms with Crippen molar-refractivity contribution in [3.05, 3.63) is 39.2 Å². The number of ether oxygens (including phenoxy) is 1. The predicted molar refractivity (Wildman–Crippen MR) is 85.9 cm³/mol. The molecule has 2 rings (SSSR count). The Morgan fingerprint density at radius 3 is 2.89 bits per heavy atom. The quantitative estimate of drug-likeness (QED) is 0.610. The molecule has 100 valence electrons. The Bertz CT molecular complexity index is 545. The molecular weight excluding hydrogens is 346 g/mol. The summed E-state index contributed by atoms with van der Waals surface area (Å²) in [6.07, 6.45) is 1.86.